The van der Waals surface area contributed by atoms with E-state index in [-0.39, 0.29) is 60.9 Å². The number of aliphatic hydroxyl groups excluding tert-OH is 1. The third kappa shape index (κ3) is 6.03. The van der Waals surface area contributed by atoms with Crippen LogP contribution in [0.25, 0.3) is 17.0 Å². The maximum absolute atomic E-state index is 12.6. The molecule has 1 aliphatic heterocycles. The number of aliphatic hydroxyl groups is 1. The maximum Gasteiger partial charge on any atom is 0.342 e. The van der Waals surface area contributed by atoms with Crippen molar-refractivity contribution in [3.8, 4) is 5.75 Å². The summed E-state index contributed by atoms with van der Waals surface area (Å²) in [4.78, 5) is 24.5. The van der Waals surface area contributed by atoms with Crippen LogP contribution in [0.3, 0.4) is 0 Å². The summed E-state index contributed by atoms with van der Waals surface area (Å²) in [6.45, 7) is -0.201. The highest BCUT2D eigenvalue weighted by Crippen LogP contribution is 2.34. The Morgan fingerprint density at radius 1 is 1.19 bits per heavy atom. The number of phenols is 1. The van der Waals surface area contributed by atoms with Crippen molar-refractivity contribution in [1.82, 2.24) is 4.72 Å². The largest absolute Gasteiger partial charge is 0.507 e. The predicted octanol–water partition coefficient (Wildman–Crippen LogP) is 2.03. The molecule has 166 valence electrons. The van der Waals surface area contributed by atoms with Gasteiger partial charge in [0.05, 0.1) is 18.9 Å². The quantitative estimate of drug-likeness (QED) is 0.477. The molecule has 2 aromatic rings. The van der Waals surface area contributed by atoms with Gasteiger partial charge in [-0.1, -0.05) is 24.3 Å². The number of carbonyl (C=O) groups excluding carboxylic acids is 2. The molecule has 2 heterocycles. The van der Waals surface area contributed by atoms with E-state index in [9.17, 15) is 28.2 Å². The van der Waals surface area contributed by atoms with Gasteiger partial charge in [-0.25, -0.2) is 17.9 Å². The molecule has 3 N–H and O–H groups in total. The molecular formula is C21H23NO8S. The van der Waals surface area contributed by atoms with Crippen molar-refractivity contribution in [3.05, 3.63) is 47.2 Å². The molecular weight excluding hydrogens is 426 g/mol. The van der Waals surface area contributed by atoms with Crippen LogP contribution in [-0.2, 0) is 26.1 Å². The fourth-order valence-electron chi connectivity index (χ4n) is 3.17. The van der Waals surface area contributed by atoms with E-state index in [2.05, 4.69) is 4.72 Å². The standard InChI is InChI=1S/C21H23NO8S/c1-31(27,28)22-12-15-10-17-16-7-4-6-14(24)9-13(23)5-2-3-8-29-21(26)20(16)18(25)11-19(17)30-15/h2-4,7,10-11,14,22,24-25H,5-6,8-9,12H2,1H3/t14-/m0/s1. The number of hydrogen-bond acceptors (Lipinski definition) is 8. The van der Waals surface area contributed by atoms with E-state index in [4.69, 9.17) is 9.15 Å². The average Bonchev–Trinajstić information content (AvgIpc) is 3.07. The van der Waals surface area contributed by atoms with E-state index in [0.29, 0.717) is 10.9 Å². The van der Waals surface area contributed by atoms with Gasteiger partial charge in [0, 0.05) is 29.9 Å². The number of sulfonamides is 1. The van der Waals surface area contributed by atoms with Gasteiger partial charge in [-0.05, 0) is 12.5 Å². The van der Waals surface area contributed by atoms with E-state index in [0.717, 1.165) is 6.26 Å². The molecule has 1 atom stereocenters. The summed E-state index contributed by atoms with van der Waals surface area (Å²) in [5.41, 5.74) is 0.466. The number of furan rings is 1. The van der Waals surface area contributed by atoms with Gasteiger partial charge in [0.1, 0.15) is 35.0 Å². The first-order chi connectivity index (χ1) is 14.6. The SMILES string of the molecule is CS(=O)(=O)NCc1cc2c3c(c(O)cc2o1)C(=O)OCC=CCC(=O)C[C@@H](O)CC=C3. The Balaban J connectivity index is 2.05. The van der Waals surface area contributed by atoms with Gasteiger partial charge in [0.2, 0.25) is 10.0 Å². The number of benzene rings is 1. The maximum atomic E-state index is 12.6. The molecule has 0 bridgehead atoms. The van der Waals surface area contributed by atoms with E-state index in [1.807, 2.05) is 0 Å². The van der Waals surface area contributed by atoms with Crippen molar-refractivity contribution in [1.29, 1.82) is 0 Å². The Morgan fingerprint density at radius 2 is 1.97 bits per heavy atom. The predicted molar refractivity (Wildman–Crippen MR) is 113 cm³/mol. The lowest BCUT2D eigenvalue weighted by molar-refractivity contribution is -0.120. The number of esters is 1. The van der Waals surface area contributed by atoms with Crippen molar-refractivity contribution in [2.45, 2.75) is 31.9 Å². The highest BCUT2D eigenvalue weighted by molar-refractivity contribution is 7.88. The van der Waals surface area contributed by atoms with Crippen LogP contribution in [0.4, 0.5) is 0 Å². The number of hydrogen-bond donors (Lipinski definition) is 3. The number of ketones is 1. The summed E-state index contributed by atoms with van der Waals surface area (Å²) in [5, 5.41) is 21.0. The molecule has 0 unspecified atom stereocenters. The van der Waals surface area contributed by atoms with Crippen LogP contribution in [0, 0.1) is 0 Å². The molecule has 1 aromatic carbocycles. The van der Waals surface area contributed by atoms with Crippen molar-refractivity contribution in [3.63, 3.8) is 0 Å². The zero-order chi connectivity index (χ0) is 22.6. The summed E-state index contributed by atoms with van der Waals surface area (Å²) in [6.07, 6.45) is 6.61. The second-order valence-corrected chi connectivity index (χ2v) is 9.04. The Morgan fingerprint density at radius 3 is 2.71 bits per heavy atom. The molecule has 0 radical (unpaired) electrons. The van der Waals surface area contributed by atoms with Crippen molar-refractivity contribution in [2.75, 3.05) is 12.9 Å². The van der Waals surface area contributed by atoms with Gasteiger partial charge < -0.3 is 19.4 Å². The Hall–Kier alpha value is -2.95. The summed E-state index contributed by atoms with van der Waals surface area (Å²) in [7, 11) is -3.45. The minimum Gasteiger partial charge on any atom is -0.507 e. The first-order valence-corrected chi connectivity index (χ1v) is 11.4. The normalized spacial score (nSPS) is 18.6. The Labute approximate surface area is 179 Å². The van der Waals surface area contributed by atoms with Crippen LogP contribution in [0.2, 0.25) is 0 Å². The van der Waals surface area contributed by atoms with E-state index < -0.39 is 22.1 Å². The first-order valence-electron chi connectivity index (χ1n) is 9.55. The fourth-order valence-corrected chi connectivity index (χ4v) is 3.58. The molecule has 0 spiro atoms. The van der Waals surface area contributed by atoms with Gasteiger partial charge in [-0.3, -0.25) is 4.79 Å². The third-order valence-electron chi connectivity index (χ3n) is 4.59. The zero-order valence-corrected chi connectivity index (χ0v) is 17.6. The number of carbonyl (C=O) groups is 2. The number of nitrogens with one attached hydrogen (secondary N) is 1. The smallest absolute Gasteiger partial charge is 0.342 e. The number of Topliss-reactive ketones (excluding diaryl/α,β-unsaturated/α-hetero) is 1. The molecule has 1 aromatic heterocycles. The lowest BCUT2D eigenvalue weighted by Gasteiger charge is -2.11. The molecule has 1 aliphatic rings. The number of fused-ring (bicyclic) bond motifs is 3. The lowest BCUT2D eigenvalue weighted by Crippen LogP contribution is -2.20. The van der Waals surface area contributed by atoms with Crippen LogP contribution < -0.4 is 4.72 Å². The second kappa shape index (κ2) is 9.46. The minimum atomic E-state index is -3.45. The van der Waals surface area contributed by atoms with Gasteiger partial charge in [0.25, 0.3) is 0 Å². The van der Waals surface area contributed by atoms with Crippen molar-refractivity contribution in [2.24, 2.45) is 0 Å². The summed E-state index contributed by atoms with van der Waals surface area (Å²) >= 11 is 0. The van der Waals surface area contributed by atoms with Crippen LogP contribution in [0.1, 0.15) is 40.9 Å². The molecule has 0 fully saturated rings. The number of allylic oxidation sites excluding steroid dienone is 1. The van der Waals surface area contributed by atoms with Gasteiger partial charge in [-0.15, -0.1) is 0 Å². The number of rotatable bonds is 3. The molecule has 0 saturated carbocycles. The summed E-state index contributed by atoms with van der Waals surface area (Å²) < 4.78 is 35.8. The van der Waals surface area contributed by atoms with E-state index in [1.165, 1.54) is 18.2 Å². The fraction of sp³-hybridized carbons (Fsp3) is 0.333. The molecule has 31 heavy (non-hydrogen) atoms. The molecule has 9 nitrogen and oxygen atoms in total. The van der Waals surface area contributed by atoms with E-state index >= 15 is 0 Å². The third-order valence-corrected chi connectivity index (χ3v) is 5.26. The van der Waals surface area contributed by atoms with Crippen LogP contribution >= 0.6 is 0 Å². The molecule has 0 saturated heterocycles. The number of cyclic esters (lactones) is 1. The van der Waals surface area contributed by atoms with Gasteiger partial charge >= 0.3 is 5.97 Å². The molecule has 0 amide bonds. The molecule has 0 aliphatic carbocycles. The van der Waals surface area contributed by atoms with E-state index in [1.54, 1.807) is 18.2 Å². The van der Waals surface area contributed by atoms with Crippen LogP contribution in [0.5, 0.6) is 5.75 Å². The summed E-state index contributed by atoms with van der Waals surface area (Å²) in [6, 6.07) is 2.83. The lowest BCUT2D eigenvalue weighted by atomic mass is 9.99. The topological polar surface area (TPSA) is 143 Å². The van der Waals surface area contributed by atoms with Crippen molar-refractivity contribution < 1.29 is 37.4 Å². The molecule has 3 rings (SSSR count). The van der Waals surface area contributed by atoms with Gasteiger partial charge in [-0.2, -0.15) is 0 Å². The summed E-state index contributed by atoms with van der Waals surface area (Å²) in [5.74, 6) is -0.993. The Bertz CT molecular complexity index is 1160. The first kappa shape index (κ1) is 22.7. The zero-order valence-electron chi connectivity index (χ0n) is 16.8. The highest BCUT2D eigenvalue weighted by Gasteiger charge is 2.22. The number of aromatic hydroxyl groups is 1. The monoisotopic (exact) mass is 449 g/mol. The van der Waals surface area contributed by atoms with Crippen molar-refractivity contribution >= 4 is 38.8 Å². The van der Waals surface area contributed by atoms with Crippen LogP contribution in [0.15, 0.2) is 34.8 Å². The number of ether oxygens (including phenoxy) is 1. The average molecular weight is 449 g/mol. The van der Waals surface area contributed by atoms with Gasteiger partial charge in [0.15, 0.2) is 0 Å². The highest BCUT2D eigenvalue weighted by atomic mass is 32.2. The second-order valence-electron chi connectivity index (χ2n) is 7.21. The van der Waals surface area contributed by atoms with Crippen LogP contribution in [-0.4, -0.2) is 49.4 Å². The minimum absolute atomic E-state index is 0.0101. The molecule has 10 heteroatoms. The number of phenolic OH excluding ortho intramolecular Hbond substituents is 1. The Kier molecular flexibility index (Phi) is 6.94.